The molecule has 1 aromatic rings. The SMILES string of the molecule is CC(C)(CO)c1ccc(CN2CCCCC2)c(F)c1. The third kappa shape index (κ3) is 3.54. The van der Waals surface area contributed by atoms with Crippen molar-refractivity contribution in [1.82, 2.24) is 4.90 Å². The Bertz CT molecular complexity index is 425. The topological polar surface area (TPSA) is 23.5 Å². The lowest BCUT2D eigenvalue weighted by Gasteiger charge is -2.27. The third-order valence-electron chi connectivity index (χ3n) is 4.07. The number of halogens is 1. The van der Waals surface area contributed by atoms with Gasteiger partial charge in [0.2, 0.25) is 0 Å². The summed E-state index contributed by atoms with van der Waals surface area (Å²) in [6.07, 6.45) is 3.73. The minimum absolute atomic E-state index is 0.0257. The van der Waals surface area contributed by atoms with Crippen molar-refractivity contribution in [1.29, 1.82) is 0 Å². The number of piperidine rings is 1. The van der Waals surface area contributed by atoms with E-state index >= 15 is 0 Å². The smallest absolute Gasteiger partial charge is 0.127 e. The Morgan fingerprint density at radius 1 is 1.21 bits per heavy atom. The van der Waals surface area contributed by atoms with Gasteiger partial charge in [-0.3, -0.25) is 4.90 Å². The first kappa shape index (κ1) is 14.5. The maximum absolute atomic E-state index is 14.2. The van der Waals surface area contributed by atoms with Gasteiger partial charge in [-0.05, 0) is 37.6 Å². The predicted octanol–water partition coefficient (Wildman–Crippen LogP) is 3.08. The summed E-state index contributed by atoms with van der Waals surface area (Å²) in [5.74, 6) is -0.149. The Labute approximate surface area is 115 Å². The van der Waals surface area contributed by atoms with Crippen LogP contribution in [-0.2, 0) is 12.0 Å². The fourth-order valence-corrected chi connectivity index (χ4v) is 2.55. The quantitative estimate of drug-likeness (QED) is 0.904. The van der Waals surface area contributed by atoms with Gasteiger partial charge in [0, 0.05) is 17.5 Å². The minimum Gasteiger partial charge on any atom is -0.395 e. The van der Waals surface area contributed by atoms with Gasteiger partial charge in [-0.25, -0.2) is 4.39 Å². The highest BCUT2D eigenvalue weighted by Gasteiger charge is 2.21. The summed E-state index contributed by atoms with van der Waals surface area (Å²) in [4.78, 5) is 2.32. The molecule has 1 aliphatic heterocycles. The van der Waals surface area contributed by atoms with E-state index < -0.39 is 0 Å². The lowest BCUT2D eigenvalue weighted by atomic mass is 9.85. The second-order valence-corrected chi connectivity index (χ2v) is 6.18. The Morgan fingerprint density at radius 3 is 2.47 bits per heavy atom. The number of hydrogen-bond donors (Lipinski definition) is 1. The highest BCUT2D eigenvalue weighted by molar-refractivity contribution is 5.29. The van der Waals surface area contributed by atoms with Crippen molar-refractivity contribution in [2.24, 2.45) is 0 Å². The highest BCUT2D eigenvalue weighted by Crippen LogP contribution is 2.25. The molecular formula is C16H24FNO. The number of aliphatic hydroxyl groups excluding tert-OH is 1. The predicted molar refractivity (Wildman–Crippen MR) is 75.6 cm³/mol. The van der Waals surface area contributed by atoms with E-state index in [2.05, 4.69) is 4.90 Å². The van der Waals surface area contributed by atoms with Crippen LogP contribution in [-0.4, -0.2) is 29.7 Å². The molecule has 3 heteroatoms. The molecule has 19 heavy (non-hydrogen) atoms. The Hall–Kier alpha value is -0.930. The molecule has 0 aliphatic carbocycles. The fourth-order valence-electron chi connectivity index (χ4n) is 2.55. The van der Waals surface area contributed by atoms with Gasteiger partial charge in [-0.2, -0.15) is 0 Å². The molecule has 1 N–H and O–H groups in total. The number of hydrogen-bond acceptors (Lipinski definition) is 2. The molecule has 0 radical (unpaired) electrons. The third-order valence-corrected chi connectivity index (χ3v) is 4.07. The van der Waals surface area contributed by atoms with E-state index in [-0.39, 0.29) is 17.8 Å². The van der Waals surface area contributed by atoms with Gasteiger partial charge in [0.05, 0.1) is 6.61 Å². The van der Waals surface area contributed by atoms with Crippen LogP contribution in [0.5, 0.6) is 0 Å². The maximum Gasteiger partial charge on any atom is 0.127 e. The molecular weight excluding hydrogens is 241 g/mol. The van der Waals surface area contributed by atoms with E-state index in [9.17, 15) is 9.50 Å². The van der Waals surface area contributed by atoms with Crippen molar-refractivity contribution >= 4 is 0 Å². The summed E-state index contributed by atoms with van der Waals surface area (Å²) in [6.45, 7) is 6.72. The van der Waals surface area contributed by atoms with Crippen LogP contribution in [0.25, 0.3) is 0 Å². The van der Waals surface area contributed by atoms with E-state index in [1.165, 1.54) is 19.3 Å². The number of likely N-dealkylation sites (tertiary alicyclic amines) is 1. The maximum atomic E-state index is 14.2. The molecule has 1 heterocycles. The van der Waals surface area contributed by atoms with Crippen molar-refractivity contribution < 1.29 is 9.50 Å². The monoisotopic (exact) mass is 265 g/mol. The van der Waals surface area contributed by atoms with Crippen molar-refractivity contribution in [3.05, 3.63) is 35.1 Å². The van der Waals surface area contributed by atoms with Gasteiger partial charge in [-0.15, -0.1) is 0 Å². The van der Waals surface area contributed by atoms with Crippen LogP contribution in [0.3, 0.4) is 0 Å². The summed E-state index contributed by atoms with van der Waals surface area (Å²) in [7, 11) is 0. The van der Waals surface area contributed by atoms with E-state index in [1.807, 2.05) is 26.0 Å². The van der Waals surface area contributed by atoms with Crippen molar-refractivity contribution in [2.75, 3.05) is 19.7 Å². The van der Waals surface area contributed by atoms with Crippen LogP contribution in [0.1, 0.15) is 44.2 Å². The Kier molecular flexibility index (Phi) is 4.58. The normalized spacial score (nSPS) is 17.7. The largest absolute Gasteiger partial charge is 0.395 e. The van der Waals surface area contributed by atoms with E-state index in [1.54, 1.807) is 6.07 Å². The second kappa shape index (κ2) is 6.02. The lowest BCUT2D eigenvalue weighted by molar-refractivity contribution is 0.215. The molecule has 0 bridgehead atoms. The van der Waals surface area contributed by atoms with Crippen LogP contribution in [0.15, 0.2) is 18.2 Å². The first-order valence-corrected chi connectivity index (χ1v) is 7.15. The molecule has 2 rings (SSSR count). The number of nitrogens with zero attached hydrogens (tertiary/aromatic N) is 1. The van der Waals surface area contributed by atoms with Gasteiger partial charge in [0.1, 0.15) is 5.82 Å². The first-order valence-electron chi connectivity index (χ1n) is 7.15. The number of aliphatic hydroxyl groups is 1. The molecule has 1 fully saturated rings. The first-order chi connectivity index (χ1) is 9.03. The summed E-state index contributed by atoms with van der Waals surface area (Å²) in [6, 6.07) is 5.39. The molecule has 0 saturated carbocycles. The minimum atomic E-state index is -0.384. The van der Waals surface area contributed by atoms with Crippen molar-refractivity contribution in [2.45, 2.75) is 45.1 Å². The molecule has 0 spiro atoms. The van der Waals surface area contributed by atoms with Crippen LogP contribution >= 0.6 is 0 Å². The molecule has 1 saturated heterocycles. The van der Waals surface area contributed by atoms with E-state index in [0.29, 0.717) is 6.54 Å². The summed E-state index contributed by atoms with van der Waals surface area (Å²) >= 11 is 0. The summed E-state index contributed by atoms with van der Waals surface area (Å²) in [5.41, 5.74) is 1.24. The van der Waals surface area contributed by atoms with Gasteiger partial charge in [-0.1, -0.05) is 32.4 Å². The second-order valence-electron chi connectivity index (χ2n) is 6.18. The zero-order valence-electron chi connectivity index (χ0n) is 12.0. The van der Waals surface area contributed by atoms with Crippen molar-refractivity contribution in [3.63, 3.8) is 0 Å². The van der Waals surface area contributed by atoms with Gasteiger partial charge in [0.25, 0.3) is 0 Å². The summed E-state index contributed by atoms with van der Waals surface area (Å²) in [5, 5.41) is 9.34. The number of benzene rings is 1. The molecule has 1 aliphatic rings. The zero-order chi connectivity index (χ0) is 13.9. The standard InChI is InChI=1S/C16H24FNO/c1-16(2,12-19)14-7-6-13(15(17)10-14)11-18-8-4-3-5-9-18/h6-7,10,19H,3-5,8-9,11-12H2,1-2H3. The Balaban J connectivity index is 2.10. The summed E-state index contributed by atoms with van der Waals surface area (Å²) < 4.78 is 14.2. The molecule has 0 aromatic heterocycles. The zero-order valence-corrected chi connectivity index (χ0v) is 12.0. The van der Waals surface area contributed by atoms with Crippen LogP contribution < -0.4 is 0 Å². The van der Waals surface area contributed by atoms with Gasteiger partial charge < -0.3 is 5.11 Å². The molecule has 2 nitrogen and oxygen atoms in total. The van der Waals surface area contributed by atoms with Gasteiger partial charge in [0.15, 0.2) is 0 Å². The molecule has 1 aromatic carbocycles. The van der Waals surface area contributed by atoms with Crippen molar-refractivity contribution in [3.8, 4) is 0 Å². The average molecular weight is 265 g/mol. The number of rotatable bonds is 4. The van der Waals surface area contributed by atoms with Gasteiger partial charge >= 0.3 is 0 Å². The lowest BCUT2D eigenvalue weighted by Crippen LogP contribution is -2.29. The average Bonchev–Trinajstić information content (AvgIpc) is 2.42. The van der Waals surface area contributed by atoms with Crippen LogP contribution in [0.2, 0.25) is 0 Å². The Morgan fingerprint density at radius 2 is 1.89 bits per heavy atom. The highest BCUT2D eigenvalue weighted by atomic mass is 19.1. The van der Waals surface area contributed by atoms with E-state index in [0.717, 1.165) is 24.2 Å². The molecule has 106 valence electrons. The molecule has 0 atom stereocenters. The van der Waals surface area contributed by atoms with Crippen LogP contribution in [0.4, 0.5) is 4.39 Å². The van der Waals surface area contributed by atoms with Crippen LogP contribution in [0, 0.1) is 5.82 Å². The fraction of sp³-hybridized carbons (Fsp3) is 0.625. The molecule has 0 amide bonds. The van der Waals surface area contributed by atoms with E-state index in [4.69, 9.17) is 0 Å². The molecule has 0 unspecified atom stereocenters.